The molecule has 0 aliphatic rings. The first-order chi connectivity index (χ1) is 10.6. The molecular formula is C17H31IN4S. The summed E-state index contributed by atoms with van der Waals surface area (Å²) in [5, 5.41) is 6.77. The average molecular weight is 450 g/mol. The van der Waals surface area contributed by atoms with Crippen molar-refractivity contribution in [3.8, 4) is 0 Å². The van der Waals surface area contributed by atoms with Crippen LogP contribution in [0.1, 0.15) is 25.0 Å². The molecule has 0 radical (unpaired) electrons. The van der Waals surface area contributed by atoms with Crippen molar-refractivity contribution in [1.29, 1.82) is 0 Å². The van der Waals surface area contributed by atoms with Gasteiger partial charge in [-0.05, 0) is 43.5 Å². The van der Waals surface area contributed by atoms with E-state index in [-0.39, 0.29) is 24.0 Å². The molecule has 0 heterocycles. The summed E-state index contributed by atoms with van der Waals surface area (Å²) in [6.07, 6.45) is 2.12. The highest BCUT2D eigenvalue weighted by Crippen LogP contribution is 2.21. The molecule has 4 nitrogen and oxygen atoms in total. The number of likely N-dealkylation sites (N-methyl/N-ethyl adjacent to an activating group) is 1. The zero-order valence-electron chi connectivity index (χ0n) is 15.0. The molecule has 1 aromatic rings. The van der Waals surface area contributed by atoms with Gasteiger partial charge in [-0.15, -0.1) is 35.7 Å². The van der Waals surface area contributed by atoms with E-state index in [1.165, 1.54) is 16.0 Å². The van der Waals surface area contributed by atoms with Gasteiger partial charge in [0.05, 0.1) is 0 Å². The van der Waals surface area contributed by atoms with Crippen LogP contribution in [-0.2, 0) is 6.54 Å². The Balaban J connectivity index is 0.00000484. The number of halogens is 1. The SMILES string of the molecule is CCN(CC)CCNC(=NC)NCc1ccc(C)cc1SC.I. The predicted molar refractivity (Wildman–Crippen MR) is 114 cm³/mol. The van der Waals surface area contributed by atoms with Gasteiger partial charge in [-0.25, -0.2) is 0 Å². The fourth-order valence-electron chi connectivity index (χ4n) is 2.27. The minimum atomic E-state index is 0. The number of rotatable bonds is 8. The molecule has 1 aromatic carbocycles. The van der Waals surface area contributed by atoms with Crippen LogP contribution in [-0.4, -0.2) is 50.3 Å². The third kappa shape index (κ3) is 8.26. The molecule has 23 heavy (non-hydrogen) atoms. The Morgan fingerprint density at radius 2 is 1.91 bits per heavy atom. The number of aliphatic imine (C=N–C) groups is 1. The fourth-order valence-corrected chi connectivity index (χ4v) is 2.98. The number of guanidine groups is 1. The summed E-state index contributed by atoms with van der Waals surface area (Å²) in [6, 6.07) is 6.59. The Hall–Kier alpha value is -0.470. The summed E-state index contributed by atoms with van der Waals surface area (Å²) in [7, 11) is 1.82. The molecule has 0 atom stereocenters. The van der Waals surface area contributed by atoms with Gasteiger partial charge in [0.1, 0.15) is 0 Å². The summed E-state index contributed by atoms with van der Waals surface area (Å²) in [5.74, 6) is 0.861. The molecule has 0 saturated carbocycles. The topological polar surface area (TPSA) is 39.7 Å². The second kappa shape index (κ2) is 12.9. The van der Waals surface area contributed by atoms with Crippen molar-refractivity contribution < 1.29 is 0 Å². The molecule has 0 aliphatic carbocycles. The number of nitrogens with zero attached hydrogens (tertiary/aromatic N) is 2. The van der Waals surface area contributed by atoms with Crippen molar-refractivity contribution in [2.75, 3.05) is 39.5 Å². The average Bonchev–Trinajstić information content (AvgIpc) is 2.55. The Bertz CT molecular complexity index is 476. The molecule has 0 fully saturated rings. The molecular weight excluding hydrogens is 419 g/mol. The predicted octanol–water partition coefficient (Wildman–Crippen LogP) is 3.34. The van der Waals surface area contributed by atoms with Crippen LogP contribution in [0.4, 0.5) is 0 Å². The first-order valence-corrected chi connectivity index (χ1v) is 9.17. The lowest BCUT2D eigenvalue weighted by Gasteiger charge is -2.19. The van der Waals surface area contributed by atoms with Crippen molar-refractivity contribution in [2.24, 2.45) is 4.99 Å². The highest BCUT2D eigenvalue weighted by atomic mass is 127. The maximum Gasteiger partial charge on any atom is 0.191 e. The highest BCUT2D eigenvalue weighted by Gasteiger charge is 2.04. The van der Waals surface area contributed by atoms with E-state index in [4.69, 9.17) is 0 Å². The van der Waals surface area contributed by atoms with Gasteiger partial charge in [-0.1, -0.05) is 26.0 Å². The Kier molecular flexibility index (Phi) is 12.6. The summed E-state index contributed by atoms with van der Waals surface area (Å²) in [5.41, 5.74) is 2.61. The van der Waals surface area contributed by atoms with E-state index in [2.05, 4.69) is 65.8 Å². The lowest BCUT2D eigenvalue weighted by molar-refractivity contribution is 0.308. The van der Waals surface area contributed by atoms with Crippen molar-refractivity contribution in [1.82, 2.24) is 15.5 Å². The number of nitrogens with one attached hydrogen (secondary N) is 2. The summed E-state index contributed by atoms with van der Waals surface area (Å²) in [6.45, 7) is 11.4. The third-order valence-electron chi connectivity index (χ3n) is 3.73. The maximum absolute atomic E-state index is 4.29. The van der Waals surface area contributed by atoms with Crippen molar-refractivity contribution in [3.63, 3.8) is 0 Å². The molecule has 0 saturated heterocycles. The standard InChI is InChI=1S/C17H30N4S.HI/c1-6-21(7-2)11-10-19-17(18-4)20-13-15-9-8-14(3)12-16(15)22-5;/h8-9,12H,6-7,10-11,13H2,1-5H3,(H2,18,19,20);1H. The number of hydrogen-bond acceptors (Lipinski definition) is 3. The lowest BCUT2D eigenvalue weighted by Crippen LogP contribution is -2.41. The van der Waals surface area contributed by atoms with Crippen LogP contribution in [0, 0.1) is 6.92 Å². The van der Waals surface area contributed by atoms with Crippen LogP contribution >= 0.6 is 35.7 Å². The molecule has 0 aliphatic heterocycles. The maximum atomic E-state index is 4.29. The number of thioether (sulfide) groups is 1. The van der Waals surface area contributed by atoms with E-state index in [0.29, 0.717) is 0 Å². The van der Waals surface area contributed by atoms with Gasteiger partial charge in [0.15, 0.2) is 5.96 Å². The van der Waals surface area contributed by atoms with E-state index in [1.54, 1.807) is 11.8 Å². The van der Waals surface area contributed by atoms with Gasteiger partial charge in [-0.3, -0.25) is 4.99 Å². The second-order valence-electron chi connectivity index (χ2n) is 5.19. The van der Waals surface area contributed by atoms with Crippen LogP contribution in [0.25, 0.3) is 0 Å². The van der Waals surface area contributed by atoms with Crippen molar-refractivity contribution >= 4 is 41.7 Å². The van der Waals surface area contributed by atoms with Crippen molar-refractivity contribution in [2.45, 2.75) is 32.2 Å². The van der Waals surface area contributed by atoms with Gasteiger partial charge in [-0.2, -0.15) is 0 Å². The molecule has 0 bridgehead atoms. The van der Waals surface area contributed by atoms with Gasteiger partial charge in [0.25, 0.3) is 0 Å². The summed E-state index contributed by atoms with van der Waals surface area (Å²) >= 11 is 1.79. The monoisotopic (exact) mass is 450 g/mol. The van der Waals surface area contributed by atoms with E-state index < -0.39 is 0 Å². The minimum absolute atomic E-state index is 0. The molecule has 0 aromatic heterocycles. The Morgan fingerprint density at radius 1 is 1.22 bits per heavy atom. The second-order valence-corrected chi connectivity index (χ2v) is 6.04. The summed E-state index contributed by atoms with van der Waals surface area (Å²) in [4.78, 5) is 8.01. The van der Waals surface area contributed by atoms with E-state index in [0.717, 1.165) is 38.7 Å². The number of hydrogen-bond donors (Lipinski definition) is 2. The van der Waals surface area contributed by atoms with E-state index >= 15 is 0 Å². The number of aryl methyl sites for hydroxylation is 1. The van der Waals surface area contributed by atoms with Crippen LogP contribution in [0.3, 0.4) is 0 Å². The zero-order valence-corrected chi connectivity index (χ0v) is 18.1. The lowest BCUT2D eigenvalue weighted by atomic mass is 10.1. The first-order valence-electron chi connectivity index (χ1n) is 7.94. The molecule has 0 spiro atoms. The zero-order chi connectivity index (χ0) is 16.4. The minimum Gasteiger partial charge on any atom is -0.355 e. The van der Waals surface area contributed by atoms with E-state index in [1.807, 2.05) is 7.05 Å². The van der Waals surface area contributed by atoms with Crippen LogP contribution in [0.2, 0.25) is 0 Å². The molecule has 0 amide bonds. The van der Waals surface area contributed by atoms with Crippen LogP contribution in [0.15, 0.2) is 28.1 Å². The molecule has 2 N–H and O–H groups in total. The molecule has 6 heteroatoms. The van der Waals surface area contributed by atoms with Gasteiger partial charge in [0, 0.05) is 31.6 Å². The third-order valence-corrected chi connectivity index (χ3v) is 4.55. The number of benzene rings is 1. The first kappa shape index (κ1) is 22.5. The molecule has 1 rings (SSSR count). The summed E-state index contributed by atoms with van der Waals surface area (Å²) < 4.78 is 0. The van der Waals surface area contributed by atoms with Gasteiger partial charge >= 0.3 is 0 Å². The normalized spacial score (nSPS) is 11.3. The fraction of sp³-hybridized carbons (Fsp3) is 0.588. The van der Waals surface area contributed by atoms with Gasteiger partial charge in [0.2, 0.25) is 0 Å². The van der Waals surface area contributed by atoms with Gasteiger partial charge < -0.3 is 15.5 Å². The largest absolute Gasteiger partial charge is 0.355 e. The van der Waals surface area contributed by atoms with Crippen LogP contribution in [0.5, 0.6) is 0 Å². The highest BCUT2D eigenvalue weighted by molar-refractivity contribution is 14.0. The van der Waals surface area contributed by atoms with Crippen LogP contribution < -0.4 is 10.6 Å². The van der Waals surface area contributed by atoms with E-state index in [9.17, 15) is 0 Å². The quantitative estimate of drug-likeness (QED) is 0.276. The molecule has 132 valence electrons. The molecule has 0 unspecified atom stereocenters. The Labute approximate surface area is 162 Å². The van der Waals surface area contributed by atoms with Crippen molar-refractivity contribution in [3.05, 3.63) is 29.3 Å². The smallest absolute Gasteiger partial charge is 0.191 e. The Morgan fingerprint density at radius 3 is 2.48 bits per heavy atom.